The van der Waals surface area contributed by atoms with E-state index >= 15 is 0 Å². The van der Waals surface area contributed by atoms with E-state index in [-0.39, 0.29) is 42.3 Å². The van der Waals surface area contributed by atoms with Crippen LogP contribution in [0.4, 0.5) is 0 Å². The van der Waals surface area contributed by atoms with E-state index in [9.17, 15) is 5.11 Å². The summed E-state index contributed by atoms with van der Waals surface area (Å²) in [6.07, 6.45) is 11.8. The molecule has 8 unspecified atom stereocenters. The Morgan fingerprint density at radius 2 is 1.29 bits per heavy atom. The minimum Gasteiger partial charge on any atom is -0.390 e. The Bertz CT molecular complexity index is 691. The SMILES string of the molecule is [B]C1OC(CCP(=C)(C)C)C(O)C1C.[B]C1OC(CCP(=C)(C)C)C2OC(C)(C)OC12. The molecular formula is C22H42B2O5P2. The van der Waals surface area contributed by atoms with E-state index in [4.69, 9.17) is 34.6 Å². The standard InChI is InChI=1S/C12H22BO3P.C10H20BO2P/c1-12(2)15-9-8(6-7-17(3,4)5)14-11(13)10(9)16-12;1-7-9(12)8(13-10(7)11)5-6-14(2,3)4/h8-11H,3,6-7H2,1-2,4-5H3;7-10,12H,2,5-6H2,1,3-4H3. The highest BCUT2D eigenvalue weighted by atomic mass is 31.2. The highest BCUT2D eigenvalue weighted by molar-refractivity contribution is 7.72. The summed E-state index contributed by atoms with van der Waals surface area (Å²) in [6.45, 7) is 12.6. The molecule has 3 heterocycles. The number of ether oxygens (including phenoxy) is 4. The number of hydrogen-bond donors (Lipinski definition) is 1. The van der Waals surface area contributed by atoms with Crippen molar-refractivity contribution in [3.8, 4) is 0 Å². The number of fused-ring (bicyclic) bond motifs is 1. The lowest BCUT2D eigenvalue weighted by Gasteiger charge is -2.24. The Labute approximate surface area is 193 Å². The van der Waals surface area contributed by atoms with Crippen LogP contribution in [0.15, 0.2) is 0 Å². The molecule has 0 amide bonds. The first-order valence-corrected chi connectivity index (χ1v) is 17.3. The summed E-state index contributed by atoms with van der Waals surface area (Å²) in [5.41, 5.74) is 0. The zero-order chi connectivity index (χ0) is 23.8. The van der Waals surface area contributed by atoms with Crippen molar-refractivity contribution in [2.24, 2.45) is 5.92 Å². The van der Waals surface area contributed by atoms with Crippen molar-refractivity contribution in [3.05, 3.63) is 0 Å². The van der Waals surface area contributed by atoms with E-state index < -0.39 is 25.7 Å². The summed E-state index contributed by atoms with van der Waals surface area (Å²) >= 11 is 0. The highest BCUT2D eigenvalue weighted by Gasteiger charge is 2.52. The van der Waals surface area contributed by atoms with E-state index in [1.165, 1.54) is 0 Å². The van der Waals surface area contributed by atoms with Crippen molar-refractivity contribution in [2.75, 3.05) is 39.0 Å². The van der Waals surface area contributed by atoms with E-state index in [1.54, 1.807) is 0 Å². The second kappa shape index (κ2) is 10.4. The molecule has 3 aliphatic rings. The maximum Gasteiger partial charge on any atom is 0.163 e. The Morgan fingerprint density at radius 3 is 1.74 bits per heavy atom. The fourth-order valence-electron chi connectivity index (χ4n) is 4.08. The molecule has 5 nitrogen and oxygen atoms in total. The number of aliphatic hydroxyl groups is 1. The van der Waals surface area contributed by atoms with Gasteiger partial charge < -0.3 is 24.1 Å². The van der Waals surface area contributed by atoms with Crippen molar-refractivity contribution in [2.45, 2.75) is 81.9 Å². The van der Waals surface area contributed by atoms with Crippen LogP contribution in [-0.4, -0.2) is 121 Å². The van der Waals surface area contributed by atoms with Crippen LogP contribution < -0.4 is 0 Å². The van der Waals surface area contributed by atoms with Gasteiger partial charge >= 0.3 is 0 Å². The van der Waals surface area contributed by atoms with Gasteiger partial charge in [-0.15, -0.1) is 26.4 Å². The van der Waals surface area contributed by atoms with Crippen LogP contribution in [0.5, 0.6) is 0 Å². The molecule has 3 fully saturated rings. The summed E-state index contributed by atoms with van der Waals surface area (Å²) in [7, 11) is 11.6. The van der Waals surface area contributed by atoms with Gasteiger partial charge in [0.25, 0.3) is 0 Å². The molecule has 3 saturated heterocycles. The first kappa shape index (κ1) is 27.8. The van der Waals surface area contributed by atoms with E-state index in [0.29, 0.717) is 0 Å². The van der Waals surface area contributed by atoms with Crippen molar-refractivity contribution < 1.29 is 24.1 Å². The molecule has 0 aliphatic carbocycles. The molecule has 0 aromatic heterocycles. The van der Waals surface area contributed by atoms with Crippen molar-refractivity contribution in [1.29, 1.82) is 0 Å². The van der Waals surface area contributed by atoms with Crippen LogP contribution in [0, 0.1) is 5.92 Å². The van der Waals surface area contributed by atoms with E-state index in [2.05, 4.69) is 39.3 Å². The van der Waals surface area contributed by atoms with Gasteiger partial charge in [0.1, 0.15) is 27.9 Å². The highest BCUT2D eigenvalue weighted by Crippen LogP contribution is 2.42. The average Bonchev–Trinajstić information content (AvgIpc) is 3.16. The van der Waals surface area contributed by atoms with Gasteiger partial charge in [0.05, 0.1) is 18.3 Å². The molecule has 0 spiro atoms. The fourth-order valence-corrected chi connectivity index (χ4v) is 5.99. The minimum atomic E-state index is -1.02. The average molecular weight is 470 g/mol. The quantitative estimate of drug-likeness (QED) is 0.478. The zero-order valence-corrected chi connectivity index (χ0v) is 22.3. The molecule has 8 atom stereocenters. The van der Waals surface area contributed by atoms with Crippen LogP contribution in [0.1, 0.15) is 33.6 Å². The molecule has 0 saturated carbocycles. The molecule has 0 aromatic rings. The van der Waals surface area contributed by atoms with Crippen LogP contribution in [-0.2, 0) is 18.9 Å². The molecule has 4 radical (unpaired) electrons. The predicted octanol–water partition coefficient (Wildman–Crippen LogP) is 2.48. The Hall–Kier alpha value is 0.530. The summed E-state index contributed by atoms with van der Waals surface area (Å²) < 4.78 is 22.9. The number of rotatable bonds is 6. The number of hydrogen-bond acceptors (Lipinski definition) is 5. The lowest BCUT2D eigenvalue weighted by atomic mass is 9.86. The normalized spacial score (nSPS) is 39.7. The van der Waals surface area contributed by atoms with Crippen LogP contribution in [0.25, 0.3) is 0 Å². The molecule has 9 heteroatoms. The van der Waals surface area contributed by atoms with Crippen LogP contribution in [0.3, 0.4) is 0 Å². The maximum atomic E-state index is 9.81. The Kier molecular flexibility index (Phi) is 9.34. The predicted molar refractivity (Wildman–Crippen MR) is 139 cm³/mol. The third-order valence-electron chi connectivity index (χ3n) is 5.99. The van der Waals surface area contributed by atoms with Crippen molar-refractivity contribution in [1.82, 2.24) is 0 Å². The van der Waals surface area contributed by atoms with E-state index in [1.807, 2.05) is 20.8 Å². The van der Waals surface area contributed by atoms with Gasteiger partial charge in [-0.3, -0.25) is 0 Å². The second-order valence-electron chi connectivity index (χ2n) is 11.1. The lowest BCUT2D eigenvalue weighted by Crippen LogP contribution is -2.30. The van der Waals surface area contributed by atoms with Crippen molar-refractivity contribution in [3.63, 3.8) is 0 Å². The van der Waals surface area contributed by atoms with Gasteiger partial charge in [0.15, 0.2) is 5.79 Å². The maximum absolute atomic E-state index is 9.81. The number of aliphatic hydroxyl groups excluding tert-OH is 1. The molecule has 176 valence electrons. The third kappa shape index (κ3) is 8.36. The first-order valence-electron chi connectivity index (χ1n) is 11.2. The smallest absolute Gasteiger partial charge is 0.163 e. The molecule has 1 N–H and O–H groups in total. The summed E-state index contributed by atoms with van der Waals surface area (Å²) in [6, 6.07) is -0.667. The van der Waals surface area contributed by atoms with Gasteiger partial charge in [-0.2, -0.15) is 0 Å². The van der Waals surface area contributed by atoms with E-state index in [0.717, 1.165) is 25.2 Å². The Balaban J connectivity index is 0.000000225. The molecule has 0 aromatic carbocycles. The largest absolute Gasteiger partial charge is 0.390 e. The van der Waals surface area contributed by atoms with Gasteiger partial charge in [-0.25, -0.2) is 0 Å². The monoisotopic (exact) mass is 470 g/mol. The minimum absolute atomic E-state index is 0.0217. The Morgan fingerprint density at radius 1 is 0.839 bits per heavy atom. The molecule has 31 heavy (non-hydrogen) atoms. The van der Waals surface area contributed by atoms with Crippen LogP contribution >= 0.6 is 13.8 Å². The molecular weight excluding hydrogens is 428 g/mol. The van der Waals surface area contributed by atoms with Gasteiger partial charge in [0, 0.05) is 17.9 Å². The molecule has 3 rings (SSSR count). The zero-order valence-electron chi connectivity index (χ0n) is 20.5. The second-order valence-corrected chi connectivity index (χ2v) is 19.7. The summed E-state index contributed by atoms with van der Waals surface area (Å²) in [4.78, 5) is 0. The van der Waals surface area contributed by atoms with Gasteiger partial charge in [0.2, 0.25) is 0 Å². The summed E-state index contributed by atoms with van der Waals surface area (Å²) in [5.74, 6) is -0.490. The fraction of sp³-hybridized carbons (Fsp3) is 0.909. The van der Waals surface area contributed by atoms with Gasteiger partial charge in [-0.05, 0) is 65.7 Å². The molecule has 3 aliphatic heterocycles. The van der Waals surface area contributed by atoms with Crippen molar-refractivity contribution >= 4 is 42.1 Å². The summed E-state index contributed by atoms with van der Waals surface area (Å²) in [5, 5.41) is 9.81. The third-order valence-corrected chi connectivity index (χ3v) is 8.93. The molecule has 0 bridgehead atoms. The van der Waals surface area contributed by atoms with Gasteiger partial charge in [-0.1, -0.05) is 6.92 Å². The topological polar surface area (TPSA) is 57.2 Å². The van der Waals surface area contributed by atoms with Crippen LogP contribution in [0.2, 0.25) is 0 Å². The lowest BCUT2D eigenvalue weighted by molar-refractivity contribution is -0.179. The first-order chi connectivity index (χ1) is 14.0.